The molecular weight excluding hydrogens is 410 g/mol. The number of hydrogen-bond donors (Lipinski definition) is 1. The van der Waals surface area contributed by atoms with Crippen LogP contribution >= 0.6 is 11.8 Å². The van der Waals surface area contributed by atoms with Gasteiger partial charge in [0.1, 0.15) is 13.5 Å². The van der Waals surface area contributed by atoms with Crippen LogP contribution in [0, 0.1) is 5.92 Å². The van der Waals surface area contributed by atoms with Crippen LogP contribution in [0.15, 0.2) is 47.3 Å². The predicted octanol–water partition coefficient (Wildman–Crippen LogP) is 4.07. The molecule has 1 saturated carbocycles. The molecule has 0 spiro atoms. The van der Waals surface area contributed by atoms with Crippen molar-refractivity contribution in [2.45, 2.75) is 44.4 Å². The normalized spacial score (nSPS) is 23.8. The zero-order valence-corrected chi connectivity index (χ0v) is 19.3. The summed E-state index contributed by atoms with van der Waals surface area (Å²) in [6, 6.07) is 7.88. The van der Waals surface area contributed by atoms with E-state index in [-0.39, 0.29) is 5.97 Å². The molecule has 2 aliphatic rings. The Morgan fingerprint density at radius 3 is 2.71 bits per heavy atom. The average Bonchev–Trinajstić information content (AvgIpc) is 3.53. The molecule has 2 fully saturated rings. The second-order valence-corrected chi connectivity index (χ2v) is 9.27. The fraction of sp³-hybridized carbons (Fsp3) is 0.542. The molecule has 4 nitrogen and oxygen atoms in total. The number of alkyl halides is 1. The largest absolute Gasteiger partial charge is 0.462 e. The number of likely N-dealkylation sites (tertiary alicyclic amines) is 1. The summed E-state index contributed by atoms with van der Waals surface area (Å²) in [7, 11) is 5.76. The van der Waals surface area contributed by atoms with Crippen LogP contribution in [0.4, 0.5) is 4.39 Å². The lowest BCUT2D eigenvalue weighted by Gasteiger charge is -2.36. The summed E-state index contributed by atoms with van der Waals surface area (Å²) in [6.07, 6.45) is 10.2. The van der Waals surface area contributed by atoms with E-state index in [9.17, 15) is 4.79 Å². The second-order valence-electron chi connectivity index (χ2n) is 8.39. The number of benzene rings is 1. The SMILES string of the molecule is [B]/C(=C/C=C/C1CC1NCC1(F)CCN(Cc2ccc(C(=O)OCC)cc2)CC1)SC. The lowest BCUT2D eigenvalue weighted by Crippen LogP contribution is -2.47. The molecule has 2 atom stereocenters. The Balaban J connectivity index is 1.38. The molecule has 3 rings (SSSR count). The number of carbonyl (C=O) groups excluding carboxylic acids is 1. The van der Waals surface area contributed by atoms with Gasteiger partial charge in [0.15, 0.2) is 0 Å². The van der Waals surface area contributed by atoms with Gasteiger partial charge in [0, 0.05) is 32.2 Å². The summed E-state index contributed by atoms with van der Waals surface area (Å²) < 4.78 is 20.2. The highest BCUT2D eigenvalue weighted by Crippen LogP contribution is 2.34. The van der Waals surface area contributed by atoms with Crippen LogP contribution in [0.2, 0.25) is 0 Å². The number of hydrogen-bond acceptors (Lipinski definition) is 5. The Kier molecular flexibility index (Phi) is 8.81. The summed E-state index contributed by atoms with van der Waals surface area (Å²) >= 11 is 1.53. The van der Waals surface area contributed by atoms with Crippen LogP contribution < -0.4 is 5.32 Å². The van der Waals surface area contributed by atoms with Gasteiger partial charge in [-0.3, -0.25) is 4.90 Å². The third-order valence-corrected chi connectivity index (χ3v) is 6.61. The molecule has 0 aromatic heterocycles. The van der Waals surface area contributed by atoms with Gasteiger partial charge in [0.05, 0.1) is 12.2 Å². The molecule has 166 valence electrons. The van der Waals surface area contributed by atoms with Crippen molar-refractivity contribution in [3.8, 4) is 0 Å². The smallest absolute Gasteiger partial charge is 0.338 e. The molecule has 2 radical (unpaired) electrons. The minimum atomic E-state index is -1.13. The molecule has 1 N–H and O–H groups in total. The Hall–Kier alpha value is -1.57. The molecule has 2 unspecified atom stereocenters. The first-order valence-corrected chi connectivity index (χ1v) is 12.2. The zero-order chi connectivity index (χ0) is 22.3. The van der Waals surface area contributed by atoms with Gasteiger partial charge in [-0.05, 0) is 56.1 Å². The molecule has 1 aromatic carbocycles. The highest BCUT2D eigenvalue weighted by Gasteiger charge is 2.39. The van der Waals surface area contributed by atoms with Crippen LogP contribution in [0.5, 0.6) is 0 Å². The maximum atomic E-state index is 15.2. The van der Waals surface area contributed by atoms with Crippen molar-refractivity contribution in [3.63, 3.8) is 0 Å². The van der Waals surface area contributed by atoms with Gasteiger partial charge >= 0.3 is 5.97 Å². The maximum Gasteiger partial charge on any atom is 0.338 e. The maximum absolute atomic E-state index is 15.2. The molecule has 1 aliphatic carbocycles. The summed E-state index contributed by atoms with van der Waals surface area (Å²) in [5, 5.41) is 3.41. The van der Waals surface area contributed by atoms with E-state index in [2.05, 4.69) is 16.3 Å². The zero-order valence-electron chi connectivity index (χ0n) is 18.5. The van der Waals surface area contributed by atoms with Crippen molar-refractivity contribution in [2.24, 2.45) is 5.92 Å². The summed E-state index contributed by atoms with van der Waals surface area (Å²) in [5.41, 5.74) is 0.556. The number of esters is 1. The van der Waals surface area contributed by atoms with E-state index in [0.717, 1.165) is 36.4 Å². The van der Waals surface area contributed by atoms with Crippen LogP contribution in [-0.4, -0.2) is 62.9 Å². The lowest BCUT2D eigenvalue weighted by molar-refractivity contribution is 0.0522. The number of nitrogens with one attached hydrogen (secondary N) is 1. The number of piperidine rings is 1. The predicted molar refractivity (Wildman–Crippen MR) is 127 cm³/mol. The third-order valence-electron chi connectivity index (χ3n) is 6.00. The van der Waals surface area contributed by atoms with Crippen LogP contribution in [0.25, 0.3) is 0 Å². The van der Waals surface area contributed by atoms with E-state index in [1.165, 1.54) is 11.8 Å². The minimum absolute atomic E-state index is 0.296. The van der Waals surface area contributed by atoms with Gasteiger partial charge in [-0.25, -0.2) is 9.18 Å². The van der Waals surface area contributed by atoms with E-state index in [1.807, 2.05) is 30.5 Å². The average molecular weight is 442 g/mol. The van der Waals surface area contributed by atoms with E-state index < -0.39 is 5.67 Å². The molecule has 1 saturated heterocycles. The van der Waals surface area contributed by atoms with Crippen LogP contribution in [-0.2, 0) is 11.3 Å². The van der Waals surface area contributed by atoms with Crippen molar-refractivity contribution >= 4 is 25.6 Å². The third kappa shape index (κ3) is 7.51. The molecule has 1 heterocycles. The summed E-state index contributed by atoms with van der Waals surface area (Å²) in [4.78, 5) is 14.8. The van der Waals surface area contributed by atoms with E-state index >= 15 is 4.39 Å². The molecule has 0 amide bonds. The first kappa shape index (κ1) is 24.1. The Bertz CT molecular complexity index is 791. The number of halogens is 1. The summed E-state index contributed by atoms with van der Waals surface area (Å²) in [5.74, 6) is 0.183. The monoisotopic (exact) mass is 442 g/mol. The number of ether oxygens (including phenoxy) is 1. The van der Waals surface area contributed by atoms with Gasteiger partial charge in [-0.2, -0.15) is 0 Å². The van der Waals surface area contributed by atoms with Gasteiger partial charge in [-0.15, -0.1) is 11.8 Å². The van der Waals surface area contributed by atoms with E-state index in [4.69, 9.17) is 12.6 Å². The number of thioether (sulfide) groups is 1. The number of rotatable bonds is 10. The van der Waals surface area contributed by atoms with Gasteiger partial charge < -0.3 is 10.1 Å². The van der Waals surface area contributed by atoms with Crippen molar-refractivity contribution < 1.29 is 13.9 Å². The topological polar surface area (TPSA) is 41.6 Å². The second kappa shape index (κ2) is 11.3. The van der Waals surface area contributed by atoms with Crippen molar-refractivity contribution in [2.75, 3.05) is 32.5 Å². The highest BCUT2D eigenvalue weighted by atomic mass is 32.2. The molecule has 1 aromatic rings. The highest BCUT2D eigenvalue weighted by molar-refractivity contribution is 8.03. The first-order valence-electron chi connectivity index (χ1n) is 11.0. The standard InChI is InChI=1S/C24H32BFN2O2S/c1-3-30-23(29)19-9-7-18(8-10-19)16-28-13-11-24(26,12-14-28)17-27-21-15-20(21)5-4-6-22(25)31-2/h4-10,20-21,27H,3,11-17H2,1-2H3/b5-4+,22-6-. The lowest BCUT2D eigenvalue weighted by atomic mass is 9.93. The number of allylic oxidation sites excluding steroid dienone is 2. The molecule has 1 aliphatic heterocycles. The van der Waals surface area contributed by atoms with E-state index in [0.29, 0.717) is 43.5 Å². The minimum Gasteiger partial charge on any atom is -0.462 e. The molecule has 0 bridgehead atoms. The first-order chi connectivity index (χ1) is 14.9. The Labute approximate surface area is 191 Å². The number of nitrogens with zero attached hydrogens (tertiary/aromatic N) is 1. The van der Waals surface area contributed by atoms with Crippen molar-refractivity contribution in [1.82, 2.24) is 10.2 Å². The van der Waals surface area contributed by atoms with Gasteiger partial charge in [-0.1, -0.05) is 35.2 Å². The quantitative estimate of drug-likeness (QED) is 0.336. The van der Waals surface area contributed by atoms with Gasteiger partial charge in [0.2, 0.25) is 0 Å². The van der Waals surface area contributed by atoms with Crippen LogP contribution in [0.1, 0.15) is 42.1 Å². The molecule has 7 heteroatoms. The summed E-state index contributed by atoms with van der Waals surface area (Å²) in [6.45, 7) is 4.85. The fourth-order valence-corrected chi connectivity index (χ4v) is 4.06. The molecular formula is C24H32BFN2O2S. The van der Waals surface area contributed by atoms with E-state index in [1.54, 1.807) is 19.1 Å². The van der Waals surface area contributed by atoms with Crippen LogP contribution in [0.3, 0.4) is 0 Å². The van der Waals surface area contributed by atoms with Crippen molar-refractivity contribution in [1.29, 1.82) is 0 Å². The van der Waals surface area contributed by atoms with Gasteiger partial charge in [0.25, 0.3) is 0 Å². The molecule has 31 heavy (non-hydrogen) atoms. The fourth-order valence-electron chi connectivity index (χ4n) is 3.84. The Morgan fingerprint density at radius 1 is 1.35 bits per heavy atom. The Morgan fingerprint density at radius 2 is 2.06 bits per heavy atom. The van der Waals surface area contributed by atoms with Crippen molar-refractivity contribution in [3.05, 3.63) is 58.4 Å². The number of carbonyl (C=O) groups is 1.